The third kappa shape index (κ3) is 2.94. The van der Waals surface area contributed by atoms with Crippen molar-refractivity contribution in [3.63, 3.8) is 0 Å². The van der Waals surface area contributed by atoms with Crippen LogP contribution in [0.1, 0.15) is 5.69 Å². The van der Waals surface area contributed by atoms with Crippen LogP contribution in [-0.4, -0.2) is 20.6 Å². The molecule has 7 nitrogen and oxygen atoms in total. The van der Waals surface area contributed by atoms with Crippen LogP contribution in [0.3, 0.4) is 0 Å². The van der Waals surface area contributed by atoms with Crippen LogP contribution in [0.2, 0.25) is 5.02 Å². The van der Waals surface area contributed by atoms with Crippen LogP contribution in [0.25, 0.3) is 0 Å². The molecule has 1 N–H and O–H groups in total. The highest BCUT2D eigenvalue weighted by molar-refractivity contribution is 6.33. The number of hydrogen-bond donors (Lipinski definition) is 1. The van der Waals surface area contributed by atoms with Crippen LogP contribution in [0.4, 0.5) is 11.5 Å². The summed E-state index contributed by atoms with van der Waals surface area (Å²) in [5, 5.41) is 17.0. The van der Waals surface area contributed by atoms with Crippen molar-refractivity contribution < 1.29 is 9.72 Å². The molecule has 0 unspecified atom stereocenters. The molecular formula is C12H11ClN4O3. The monoisotopic (exact) mass is 294 g/mol. The molecule has 1 aromatic heterocycles. The van der Waals surface area contributed by atoms with E-state index in [1.165, 1.54) is 4.68 Å². The first-order valence-electron chi connectivity index (χ1n) is 5.71. The number of carbonyl (C=O) groups excluding carboxylic acids is 1. The second-order valence-corrected chi connectivity index (χ2v) is 4.43. The van der Waals surface area contributed by atoms with Crippen molar-refractivity contribution in [3.8, 4) is 0 Å². The van der Waals surface area contributed by atoms with E-state index < -0.39 is 10.7 Å². The van der Waals surface area contributed by atoms with Gasteiger partial charge in [0, 0.05) is 5.69 Å². The summed E-state index contributed by atoms with van der Waals surface area (Å²) in [7, 11) is 0. The van der Waals surface area contributed by atoms with Crippen LogP contribution in [0.15, 0.2) is 30.3 Å². The fourth-order valence-corrected chi connectivity index (χ4v) is 1.84. The van der Waals surface area contributed by atoms with Crippen molar-refractivity contribution in [1.29, 1.82) is 0 Å². The molecule has 20 heavy (non-hydrogen) atoms. The highest BCUT2D eigenvalue weighted by Gasteiger charge is 2.24. The van der Waals surface area contributed by atoms with E-state index >= 15 is 0 Å². The minimum Gasteiger partial charge on any atom is -0.358 e. The number of amides is 1. The number of aromatic nitrogens is 2. The Morgan fingerprint density at radius 2 is 2.10 bits per heavy atom. The van der Waals surface area contributed by atoms with Gasteiger partial charge in [-0.3, -0.25) is 4.79 Å². The number of para-hydroxylation sites is 1. The highest BCUT2D eigenvalue weighted by atomic mass is 35.5. The Morgan fingerprint density at radius 1 is 1.45 bits per heavy atom. The molecule has 2 rings (SSSR count). The van der Waals surface area contributed by atoms with E-state index in [1.54, 1.807) is 31.2 Å². The van der Waals surface area contributed by atoms with Crippen LogP contribution in [0.5, 0.6) is 0 Å². The number of hydrogen-bond acceptors (Lipinski definition) is 4. The lowest BCUT2D eigenvalue weighted by atomic mass is 10.3. The fourth-order valence-electron chi connectivity index (χ4n) is 1.64. The SMILES string of the molecule is Cc1c(Cl)c([N+](=O)[O-])nn1CC(=O)Nc1ccccc1. The van der Waals surface area contributed by atoms with Gasteiger partial charge in [0.15, 0.2) is 5.02 Å². The lowest BCUT2D eigenvalue weighted by Crippen LogP contribution is -2.20. The van der Waals surface area contributed by atoms with Gasteiger partial charge in [-0.2, -0.15) is 4.68 Å². The van der Waals surface area contributed by atoms with E-state index in [4.69, 9.17) is 11.6 Å². The summed E-state index contributed by atoms with van der Waals surface area (Å²) in [6, 6.07) is 8.88. The maximum absolute atomic E-state index is 11.8. The quantitative estimate of drug-likeness (QED) is 0.692. The average Bonchev–Trinajstić information content (AvgIpc) is 2.68. The van der Waals surface area contributed by atoms with E-state index in [-0.39, 0.29) is 17.5 Å². The Balaban J connectivity index is 2.12. The minimum atomic E-state index is -0.680. The molecular weight excluding hydrogens is 284 g/mol. The van der Waals surface area contributed by atoms with E-state index in [0.717, 1.165) is 0 Å². The Bertz CT molecular complexity index is 654. The molecule has 0 aliphatic heterocycles. The summed E-state index contributed by atoms with van der Waals surface area (Å²) in [6.45, 7) is 1.42. The third-order valence-electron chi connectivity index (χ3n) is 2.64. The lowest BCUT2D eigenvalue weighted by Gasteiger charge is -2.04. The van der Waals surface area contributed by atoms with Gasteiger partial charge in [0.1, 0.15) is 6.54 Å². The number of nitro groups is 1. The smallest absolute Gasteiger partial charge is 0.358 e. The zero-order valence-electron chi connectivity index (χ0n) is 10.5. The molecule has 0 saturated carbocycles. The van der Waals surface area contributed by atoms with Crippen molar-refractivity contribution in [2.45, 2.75) is 13.5 Å². The summed E-state index contributed by atoms with van der Waals surface area (Å²) >= 11 is 5.80. The molecule has 0 spiro atoms. The molecule has 2 aromatic rings. The standard InChI is InChI=1S/C12H11ClN4O3/c1-8-11(13)12(17(19)20)15-16(8)7-10(18)14-9-5-3-2-4-6-9/h2-6H,7H2,1H3,(H,14,18). The molecule has 0 bridgehead atoms. The van der Waals surface area contributed by atoms with Gasteiger partial charge >= 0.3 is 5.82 Å². The van der Waals surface area contributed by atoms with Crippen molar-refractivity contribution in [2.75, 3.05) is 5.32 Å². The maximum atomic E-state index is 11.8. The number of nitrogens with zero attached hydrogens (tertiary/aromatic N) is 3. The minimum absolute atomic E-state index is 0.0532. The van der Waals surface area contributed by atoms with Gasteiger partial charge in [0.2, 0.25) is 5.91 Å². The van der Waals surface area contributed by atoms with Gasteiger partial charge in [0.05, 0.1) is 10.8 Å². The number of carbonyl (C=O) groups is 1. The first-order valence-corrected chi connectivity index (χ1v) is 6.09. The number of rotatable bonds is 4. The van der Waals surface area contributed by atoms with Gasteiger partial charge in [-0.15, -0.1) is 0 Å². The Hall–Kier alpha value is -2.41. The van der Waals surface area contributed by atoms with E-state index in [9.17, 15) is 14.9 Å². The predicted octanol–water partition coefficient (Wildman–Crippen LogP) is 2.39. The fraction of sp³-hybridized carbons (Fsp3) is 0.167. The number of benzene rings is 1. The van der Waals surface area contributed by atoms with Crippen molar-refractivity contribution in [3.05, 3.63) is 51.2 Å². The van der Waals surface area contributed by atoms with Gasteiger partial charge in [-0.1, -0.05) is 29.8 Å². The topological polar surface area (TPSA) is 90.1 Å². The number of halogens is 1. The molecule has 0 fully saturated rings. The molecule has 104 valence electrons. The summed E-state index contributed by atoms with van der Waals surface area (Å²) in [6.07, 6.45) is 0. The summed E-state index contributed by atoms with van der Waals surface area (Å²) in [5.41, 5.74) is 1.02. The third-order valence-corrected chi connectivity index (χ3v) is 3.08. The second kappa shape index (κ2) is 5.70. The van der Waals surface area contributed by atoms with Crippen LogP contribution < -0.4 is 5.32 Å². The van der Waals surface area contributed by atoms with Crippen LogP contribution >= 0.6 is 11.6 Å². The van der Waals surface area contributed by atoms with Crippen LogP contribution in [-0.2, 0) is 11.3 Å². The van der Waals surface area contributed by atoms with Crippen molar-refractivity contribution in [1.82, 2.24) is 9.78 Å². The van der Waals surface area contributed by atoms with E-state index in [1.807, 2.05) is 6.07 Å². The molecule has 0 aliphatic rings. The zero-order valence-corrected chi connectivity index (χ0v) is 11.3. The summed E-state index contributed by atoms with van der Waals surface area (Å²) < 4.78 is 1.21. The Morgan fingerprint density at radius 3 is 2.65 bits per heavy atom. The van der Waals surface area contributed by atoms with E-state index in [0.29, 0.717) is 11.4 Å². The molecule has 0 aliphatic carbocycles. The molecule has 1 heterocycles. The average molecular weight is 295 g/mol. The van der Waals surface area contributed by atoms with E-state index in [2.05, 4.69) is 10.4 Å². The molecule has 8 heteroatoms. The van der Waals surface area contributed by atoms with Gasteiger partial charge < -0.3 is 15.4 Å². The number of nitrogens with one attached hydrogen (secondary N) is 1. The highest BCUT2D eigenvalue weighted by Crippen LogP contribution is 2.26. The second-order valence-electron chi connectivity index (χ2n) is 4.05. The zero-order chi connectivity index (χ0) is 14.7. The normalized spacial score (nSPS) is 10.3. The van der Waals surface area contributed by atoms with Crippen molar-refractivity contribution >= 4 is 29.0 Å². The van der Waals surface area contributed by atoms with Crippen molar-refractivity contribution in [2.24, 2.45) is 0 Å². The summed E-state index contributed by atoms with van der Waals surface area (Å²) in [4.78, 5) is 21.9. The van der Waals surface area contributed by atoms with Gasteiger partial charge in [-0.05, 0) is 24.0 Å². The first-order chi connectivity index (χ1) is 9.49. The van der Waals surface area contributed by atoms with Gasteiger partial charge in [0.25, 0.3) is 0 Å². The lowest BCUT2D eigenvalue weighted by molar-refractivity contribution is -0.389. The maximum Gasteiger partial charge on any atom is 0.408 e. The molecule has 0 radical (unpaired) electrons. The Kier molecular flexibility index (Phi) is 3.99. The molecule has 0 atom stereocenters. The largest absolute Gasteiger partial charge is 0.408 e. The number of anilines is 1. The Labute approximate surface area is 119 Å². The molecule has 1 aromatic carbocycles. The van der Waals surface area contributed by atoms with Crippen LogP contribution in [0, 0.1) is 17.0 Å². The molecule has 0 saturated heterocycles. The van der Waals surface area contributed by atoms with Gasteiger partial charge in [-0.25, -0.2) is 0 Å². The first kappa shape index (κ1) is 14.0. The molecule has 1 amide bonds. The predicted molar refractivity (Wildman–Crippen MR) is 73.7 cm³/mol. The summed E-state index contributed by atoms with van der Waals surface area (Å²) in [5.74, 6) is -0.787.